The Labute approximate surface area is 104 Å². The molecule has 1 amide bonds. The molecule has 5 nitrogen and oxygen atoms in total. The largest absolute Gasteiger partial charge is 0.366 e. The van der Waals surface area contributed by atoms with E-state index >= 15 is 0 Å². The van der Waals surface area contributed by atoms with Crippen molar-refractivity contribution in [3.63, 3.8) is 0 Å². The topological polar surface area (TPSA) is 73.8 Å². The minimum absolute atomic E-state index is 0. The predicted octanol–water partition coefficient (Wildman–Crippen LogP) is 1.21. The van der Waals surface area contributed by atoms with Gasteiger partial charge in [-0.3, -0.25) is 4.79 Å². The Morgan fingerprint density at radius 3 is 2.50 bits per heavy atom. The second kappa shape index (κ2) is 6.09. The number of aromatic nitrogens is 3. The normalized spacial score (nSPS) is 8.75. The second-order valence-electron chi connectivity index (χ2n) is 2.72. The van der Waals surface area contributed by atoms with Gasteiger partial charge >= 0.3 is 0 Å². The van der Waals surface area contributed by atoms with Gasteiger partial charge in [0, 0.05) is 18.6 Å². The maximum atomic E-state index is 10.8. The monoisotopic (exact) mass is 260 g/mol. The van der Waals surface area contributed by atoms with E-state index in [0.717, 1.165) is 0 Å². The number of amides is 1. The first kappa shape index (κ1) is 14.4. The molecule has 2 N–H and O–H groups in total. The van der Waals surface area contributed by atoms with Gasteiger partial charge in [-0.25, -0.2) is 9.67 Å². The quantitative estimate of drug-likeness (QED) is 0.882. The maximum Gasteiger partial charge on any atom is 0.250 e. The summed E-state index contributed by atoms with van der Waals surface area (Å²) in [4.78, 5) is 14.8. The molecule has 0 saturated heterocycles. The Kier molecular flexibility index (Phi) is 5.49. The fourth-order valence-corrected chi connectivity index (χ4v) is 1.07. The zero-order valence-corrected chi connectivity index (χ0v) is 9.74. The molecule has 0 spiro atoms. The Balaban J connectivity index is 0.00000112. The van der Waals surface area contributed by atoms with Crippen molar-refractivity contribution in [3.8, 4) is 5.82 Å². The van der Waals surface area contributed by atoms with Crippen molar-refractivity contribution in [2.24, 2.45) is 5.73 Å². The fourth-order valence-electron chi connectivity index (χ4n) is 1.07. The molecule has 0 aliphatic rings. The molecule has 2 rings (SSSR count). The minimum atomic E-state index is -0.482. The van der Waals surface area contributed by atoms with Crippen molar-refractivity contribution < 1.29 is 4.79 Å². The molecule has 2 heterocycles. The Hall–Kier alpha value is -1.59. The van der Waals surface area contributed by atoms with Gasteiger partial charge in [0.15, 0.2) is 5.82 Å². The van der Waals surface area contributed by atoms with Crippen molar-refractivity contribution in [3.05, 3.63) is 42.4 Å². The van der Waals surface area contributed by atoms with Gasteiger partial charge in [0.25, 0.3) is 0 Å². The molecule has 0 aliphatic heterocycles. The van der Waals surface area contributed by atoms with Crippen LogP contribution in [-0.4, -0.2) is 20.7 Å². The van der Waals surface area contributed by atoms with Crippen LogP contribution >= 0.6 is 24.8 Å². The van der Waals surface area contributed by atoms with Crippen molar-refractivity contribution in [1.29, 1.82) is 0 Å². The van der Waals surface area contributed by atoms with Crippen LogP contribution in [0.15, 0.2) is 36.8 Å². The highest BCUT2D eigenvalue weighted by molar-refractivity contribution is 5.92. The lowest BCUT2D eigenvalue weighted by molar-refractivity contribution is 0.1000. The summed E-state index contributed by atoms with van der Waals surface area (Å²) in [6.45, 7) is 0. The van der Waals surface area contributed by atoms with Crippen LogP contribution in [0.3, 0.4) is 0 Å². The number of nitrogens with zero attached hydrogens (tertiary/aromatic N) is 3. The highest BCUT2D eigenvalue weighted by atomic mass is 35.5. The van der Waals surface area contributed by atoms with E-state index in [4.69, 9.17) is 5.73 Å². The van der Waals surface area contributed by atoms with Gasteiger partial charge in [-0.15, -0.1) is 24.8 Å². The molecule has 86 valence electrons. The number of pyridine rings is 1. The molecule has 2 aromatic heterocycles. The Morgan fingerprint density at radius 2 is 2.06 bits per heavy atom. The molecular formula is C9H10Cl2N4O. The number of rotatable bonds is 2. The van der Waals surface area contributed by atoms with Crippen LogP contribution in [0.2, 0.25) is 0 Å². The zero-order chi connectivity index (χ0) is 9.97. The highest BCUT2D eigenvalue weighted by Crippen LogP contribution is 2.03. The molecule has 0 aliphatic carbocycles. The van der Waals surface area contributed by atoms with Crippen molar-refractivity contribution in [1.82, 2.24) is 14.8 Å². The number of carbonyl (C=O) groups excluding carboxylic acids is 1. The summed E-state index contributed by atoms with van der Waals surface area (Å²) in [6.07, 6.45) is 4.86. The summed E-state index contributed by atoms with van der Waals surface area (Å²) in [6, 6.07) is 5.10. The number of primary amides is 1. The lowest BCUT2D eigenvalue weighted by Gasteiger charge is -1.99. The first-order valence-electron chi connectivity index (χ1n) is 4.03. The van der Waals surface area contributed by atoms with Crippen LogP contribution in [0.25, 0.3) is 5.82 Å². The SMILES string of the molecule is Cl.Cl.NC(=O)c1ccc(-n2cccn2)nc1. The van der Waals surface area contributed by atoms with E-state index in [1.807, 2.05) is 0 Å². The number of halogens is 2. The van der Waals surface area contributed by atoms with E-state index < -0.39 is 5.91 Å². The minimum Gasteiger partial charge on any atom is -0.366 e. The molecule has 0 atom stereocenters. The van der Waals surface area contributed by atoms with Gasteiger partial charge in [0.2, 0.25) is 5.91 Å². The van der Waals surface area contributed by atoms with Gasteiger partial charge in [-0.05, 0) is 18.2 Å². The Bertz CT molecular complexity index is 441. The highest BCUT2D eigenvalue weighted by Gasteiger charge is 2.01. The van der Waals surface area contributed by atoms with Crippen LogP contribution < -0.4 is 5.73 Å². The average Bonchev–Trinajstić information content (AvgIpc) is 2.71. The van der Waals surface area contributed by atoms with Crippen LogP contribution in [0.5, 0.6) is 0 Å². The third-order valence-corrected chi connectivity index (χ3v) is 1.77. The van der Waals surface area contributed by atoms with Crippen molar-refractivity contribution in [2.75, 3.05) is 0 Å². The molecule has 0 saturated carbocycles. The first-order chi connectivity index (χ1) is 6.77. The number of hydrogen-bond acceptors (Lipinski definition) is 3. The summed E-state index contributed by atoms with van der Waals surface area (Å²) < 4.78 is 1.60. The van der Waals surface area contributed by atoms with Gasteiger partial charge in [-0.2, -0.15) is 5.10 Å². The molecule has 2 aromatic rings. The van der Waals surface area contributed by atoms with E-state index in [-0.39, 0.29) is 24.8 Å². The summed E-state index contributed by atoms with van der Waals surface area (Å²) in [7, 11) is 0. The number of hydrogen-bond donors (Lipinski definition) is 1. The van der Waals surface area contributed by atoms with Gasteiger partial charge in [0.1, 0.15) is 0 Å². The molecule has 0 aromatic carbocycles. The van der Waals surface area contributed by atoms with E-state index in [0.29, 0.717) is 11.4 Å². The third kappa shape index (κ3) is 2.95. The van der Waals surface area contributed by atoms with Crippen molar-refractivity contribution >= 4 is 30.7 Å². The van der Waals surface area contributed by atoms with Gasteiger partial charge in [0.05, 0.1) is 5.56 Å². The molecule has 0 unspecified atom stereocenters. The van der Waals surface area contributed by atoms with Gasteiger partial charge in [-0.1, -0.05) is 0 Å². The first-order valence-corrected chi connectivity index (χ1v) is 4.03. The molecule has 0 bridgehead atoms. The lowest BCUT2D eigenvalue weighted by Crippen LogP contribution is -2.11. The number of carbonyl (C=O) groups is 1. The average molecular weight is 261 g/mol. The van der Waals surface area contributed by atoms with Crippen molar-refractivity contribution in [2.45, 2.75) is 0 Å². The smallest absolute Gasteiger partial charge is 0.250 e. The Morgan fingerprint density at radius 1 is 1.31 bits per heavy atom. The molecule has 0 radical (unpaired) electrons. The van der Waals surface area contributed by atoms with Gasteiger partial charge < -0.3 is 5.73 Å². The molecule has 0 fully saturated rings. The molecule has 16 heavy (non-hydrogen) atoms. The lowest BCUT2D eigenvalue weighted by atomic mass is 10.3. The predicted molar refractivity (Wildman–Crippen MR) is 64.4 cm³/mol. The van der Waals surface area contributed by atoms with E-state index in [2.05, 4.69) is 10.1 Å². The van der Waals surface area contributed by atoms with Crippen LogP contribution in [0.4, 0.5) is 0 Å². The van der Waals surface area contributed by atoms with E-state index in [9.17, 15) is 4.79 Å². The second-order valence-corrected chi connectivity index (χ2v) is 2.72. The third-order valence-electron chi connectivity index (χ3n) is 1.77. The summed E-state index contributed by atoms with van der Waals surface area (Å²) >= 11 is 0. The summed E-state index contributed by atoms with van der Waals surface area (Å²) in [5.41, 5.74) is 5.47. The molecular weight excluding hydrogens is 251 g/mol. The zero-order valence-electron chi connectivity index (χ0n) is 8.11. The number of nitrogens with two attached hydrogens (primary N) is 1. The van der Waals surface area contributed by atoms with E-state index in [1.54, 1.807) is 35.3 Å². The van der Waals surface area contributed by atoms with Crippen LogP contribution in [0.1, 0.15) is 10.4 Å². The molecule has 7 heteroatoms. The van der Waals surface area contributed by atoms with E-state index in [1.165, 1.54) is 6.20 Å². The summed E-state index contributed by atoms with van der Waals surface area (Å²) in [5.74, 6) is 0.171. The standard InChI is InChI=1S/C9H8N4O.2ClH/c10-9(14)7-2-3-8(11-6-7)13-5-1-4-12-13;;/h1-6H,(H2,10,14);2*1H. The fraction of sp³-hybridized carbons (Fsp3) is 0. The van der Waals surface area contributed by atoms with Crippen LogP contribution in [-0.2, 0) is 0 Å². The summed E-state index contributed by atoms with van der Waals surface area (Å²) in [5, 5.41) is 4.00. The van der Waals surface area contributed by atoms with Crippen LogP contribution in [0, 0.1) is 0 Å². The maximum absolute atomic E-state index is 10.8.